The van der Waals surface area contributed by atoms with Crippen molar-refractivity contribution in [3.8, 4) is 0 Å². The number of aromatic nitrogens is 2. The van der Waals surface area contributed by atoms with Crippen molar-refractivity contribution in [3.05, 3.63) is 42.5 Å². The third kappa shape index (κ3) is 4.22. The van der Waals surface area contributed by atoms with E-state index in [1.54, 1.807) is 18.2 Å². The summed E-state index contributed by atoms with van der Waals surface area (Å²) >= 11 is 1.09. The van der Waals surface area contributed by atoms with Crippen molar-refractivity contribution in [1.29, 1.82) is 0 Å². The molecule has 2 N–H and O–H groups in total. The van der Waals surface area contributed by atoms with E-state index in [4.69, 9.17) is 5.11 Å². The largest absolute Gasteiger partial charge is 0.481 e. The van der Waals surface area contributed by atoms with Gasteiger partial charge in [0, 0.05) is 11.8 Å². The molecule has 1 heterocycles. The molecule has 0 radical (unpaired) electrons. The summed E-state index contributed by atoms with van der Waals surface area (Å²) in [6.07, 6.45) is 1.33. The lowest BCUT2D eigenvalue weighted by molar-refractivity contribution is -0.133. The van der Waals surface area contributed by atoms with Crippen molar-refractivity contribution >= 4 is 29.2 Å². The Hall–Kier alpha value is -2.15. The number of benzene rings is 1. The number of hydrogen-bond donors (Lipinski definition) is 2. The Bertz CT molecular complexity index is 595. The number of nitrogens with one attached hydrogen (secondary N) is 1. The van der Waals surface area contributed by atoms with Crippen molar-refractivity contribution in [1.82, 2.24) is 9.97 Å². The maximum absolute atomic E-state index is 13.0. The molecule has 0 aliphatic carbocycles. The van der Waals surface area contributed by atoms with Crippen LogP contribution in [-0.2, 0) is 4.79 Å². The number of halogens is 1. The molecule has 19 heavy (non-hydrogen) atoms. The molecule has 0 saturated carbocycles. The monoisotopic (exact) mass is 279 g/mol. The van der Waals surface area contributed by atoms with Crippen molar-refractivity contribution in [3.63, 3.8) is 0 Å². The van der Waals surface area contributed by atoms with Crippen LogP contribution in [-0.4, -0.2) is 26.8 Å². The van der Waals surface area contributed by atoms with E-state index in [2.05, 4.69) is 15.3 Å². The molecule has 2 rings (SSSR count). The SMILES string of the molecule is O=C(O)CSc1cc(Nc2cccc(F)c2)ncn1. The Morgan fingerprint density at radius 3 is 2.95 bits per heavy atom. The average molecular weight is 279 g/mol. The van der Waals surface area contributed by atoms with Gasteiger partial charge < -0.3 is 10.4 Å². The number of aliphatic carboxylic acids is 1. The first kappa shape index (κ1) is 13.3. The van der Waals surface area contributed by atoms with Crippen LogP contribution in [0.2, 0.25) is 0 Å². The van der Waals surface area contributed by atoms with Gasteiger partial charge in [-0.05, 0) is 18.2 Å². The molecule has 5 nitrogen and oxygen atoms in total. The number of carbonyl (C=O) groups is 1. The van der Waals surface area contributed by atoms with E-state index in [9.17, 15) is 9.18 Å². The van der Waals surface area contributed by atoms with Crippen LogP contribution in [0.3, 0.4) is 0 Å². The number of hydrogen-bond acceptors (Lipinski definition) is 5. The van der Waals surface area contributed by atoms with Crippen LogP contribution in [0.4, 0.5) is 15.9 Å². The average Bonchev–Trinajstić information content (AvgIpc) is 2.37. The minimum atomic E-state index is -0.914. The Morgan fingerprint density at radius 2 is 2.21 bits per heavy atom. The molecule has 0 aliphatic heterocycles. The lowest BCUT2D eigenvalue weighted by Crippen LogP contribution is -1.99. The molecular formula is C12H10FN3O2S. The van der Waals surface area contributed by atoms with Gasteiger partial charge in [-0.3, -0.25) is 4.79 Å². The van der Waals surface area contributed by atoms with Gasteiger partial charge in [0.1, 0.15) is 23.0 Å². The third-order valence-electron chi connectivity index (χ3n) is 2.08. The second kappa shape index (κ2) is 6.14. The Labute approximate surface area is 112 Å². The fourth-order valence-corrected chi connectivity index (χ4v) is 1.92. The highest BCUT2D eigenvalue weighted by atomic mass is 32.2. The summed E-state index contributed by atoms with van der Waals surface area (Å²) in [5, 5.41) is 12.0. The van der Waals surface area contributed by atoms with Crippen molar-refractivity contribution < 1.29 is 14.3 Å². The molecule has 0 spiro atoms. The van der Waals surface area contributed by atoms with Gasteiger partial charge in [0.25, 0.3) is 0 Å². The summed E-state index contributed by atoms with van der Waals surface area (Å²) in [5.41, 5.74) is 0.563. The number of thioether (sulfide) groups is 1. The fraction of sp³-hybridized carbons (Fsp3) is 0.0833. The molecule has 98 valence electrons. The molecule has 0 aliphatic rings. The summed E-state index contributed by atoms with van der Waals surface area (Å²) < 4.78 is 13.0. The van der Waals surface area contributed by atoms with Crippen LogP contribution in [0.15, 0.2) is 41.7 Å². The van der Waals surface area contributed by atoms with Crippen LogP contribution in [0, 0.1) is 5.82 Å². The maximum Gasteiger partial charge on any atom is 0.313 e. The Balaban J connectivity index is 2.08. The standard InChI is InChI=1S/C12H10FN3O2S/c13-8-2-1-3-9(4-8)16-10-5-11(15-7-14-10)19-6-12(17)18/h1-5,7H,6H2,(H,17,18)(H,14,15,16). The summed E-state index contributed by atoms with van der Waals surface area (Å²) in [6.45, 7) is 0. The molecule has 0 atom stereocenters. The molecule has 1 aromatic heterocycles. The Morgan fingerprint density at radius 1 is 1.37 bits per heavy atom. The Kier molecular flexibility index (Phi) is 4.30. The van der Waals surface area contributed by atoms with Gasteiger partial charge in [-0.1, -0.05) is 17.8 Å². The number of carboxylic acid groups (broad SMARTS) is 1. The van der Waals surface area contributed by atoms with Gasteiger partial charge in [-0.15, -0.1) is 0 Å². The molecule has 0 fully saturated rings. The van der Waals surface area contributed by atoms with Crippen LogP contribution < -0.4 is 5.32 Å². The molecule has 0 bridgehead atoms. The fourth-order valence-electron chi connectivity index (χ4n) is 1.34. The lowest BCUT2D eigenvalue weighted by Gasteiger charge is -2.06. The number of anilines is 2. The first-order chi connectivity index (χ1) is 9.13. The van der Waals surface area contributed by atoms with E-state index in [0.717, 1.165) is 11.8 Å². The van der Waals surface area contributed by atoms with E-state index in [0.29, 0.717) is 16.5 Å². The first-order valence-corrected chi connectivity index (χ1v) is 6.31. The molecule has 0 amide bonds. The van der Waals surface area contributed by atoms with Crippen LogP contribution in [0.5, 0.6) is 0 Å². The molecule has 0 saturated heterocycles. The van der Waals surface area contributed by atoms with Crippen LogP contribution >= 0.6 is 11.8 Å². The third-order valence-corrected chi connectivity index (χ3v) is 2.99. The summed E-state index contributed by atoms with van der Waals surface area (Å²) in [5.74, 6) is -0.854. The molecule has 7 heteroatoms. The number of rotatable bonds is 5. The zero-order valence-electron chi connectivity index (χ0n) is 9.71. The quantitative estimate of drug-likeness (QED) is 0.647. The second-order valence-electron chi connectivity index (χ2n) is 3.56. The zero-order valence-corrected chi connectivity index (χ0v) is 10.5. The molecule has 1 aromatic carbocycles. The highest BCUT2D eigenvalue weighted by molar-refractivity contribution is 7.99. The van der Waals surface area contributed by atoms with Gasteiger partial charge in [-0.25, -0.2) is 14.4 Å². The van der Waals surface area contributed by atoms with Gasteiger partial charge in [0.2, 0.25) is 0 Å². The zero-order chi connectivity index (χ0) is 13.7. The predicted molar refractivity (Wildman–Crippen MR) is 70.1 cm³/mol. The van der Waals surface area contributed by atoms with Gasteiger partial charge >= 0.3 is 5.97 Å². The van der Waals surface area contributed by atoms with Crippen molar-refractivity contribution in [2.24, 2.45) is 0 Å². The minimum absolute atomic E-state index is 0.0730. The predicted octanol–water partition coefficient (Wildman–Crippen LogP) is 2.54. The van der Waals surface area contributed by atoms with Gasteiger partial charge in [0.15, 0.2) is 0 Å². The normalized spacial score (nSPS) is 10.2. The topological polar surface area (TPSA) is 75.1 Å². The smallest absolute Gasteiger partial charge is 0.313 e. The molecular weight excluding hydrogens is 269 g/mol. The second-order valence-corrected chi connectivity index (χ2v) is 4.55. The van der Waals surface area contributed by atoms with Crippen molar-refractivity contribution in [2.75, 3.05) is 11.1 Å². The van der Waals surface area contributed by atoms with E-state index >= 15 is 0 Å². The summed E-state index contributed by atoms with van der Waals surface area (Å²) in [7, 11) is 0. The molecule has 0 unspecified atom stereocenters. The molecule has 2 aromatic rings. The van der Waals surface area contributed by atoms with Gasteiger partial charge in [-0.2, -0.15) is 0 Å². The highest BCUT2D eigenvalue weighted by Crippen LogP contribution is 2.20. The number of carboxylic acids is 1. The maximum atomic E-state index is 13.0. The summed E-state index contributed by atoms with van der Waals surface area (Å²) in [4.78, 5) is 18.4. The van der Waals surface area contributed by atoms with E-state index in [1.807, 2.05) is 0 Å². The van der Waals surface area contributed by atoms with Crippen molar-refractivity contribution in [2.45, 2.75) is 5.03 Å². The first-order valence-electron chi connectivity index (χ1n) is 5.33. The minimum Gasteiger partial charge on any atom is -0.481 e. The van der Waals surface area contributed by atoms with Crippen LogP contribution in [0.1, 0.15) is 0 Å². The van der Waals surface area contributed by atoms with Gasteiger partial charge in [0.05, 0.1) is 5.75 Å². The van der Waals surface area contributed by atoms with E-state index < -0.39 is 5.97 Å². The lowest BCUT2D eigenvalue weighted by atomic mass is 10.3. The van der Waals surface area contributed by atoms with E-state index in [1.165, 1.54) is 18.5 Å². The summed E-state index contributed by atoms with van der Waals surface area (Å²) in [6, 6.07) is 7.58. The van der Waals surface area contributed by atoms with Crippen LogP contribution in [0.25, 0.3) is 0 Å². The number of nitrogens with zero attached hydrogens (tertiary/aromatic N) is 2. The highest BCUT2D eigenvalue weighted by Gasteiger charge is 2.03. The van der Waals surface area contributed by atoms with E-state index in [-0.39, 0.29) is 11.6 Å².